The van der Waals surface area contributed by atoms with Gasteiger partial charge in [-0.25, -0.2) is 0 Å². The zero-order chi connectivity index (χ0) is 19.5. The summed E-state index contributed by atoms with van der Waals surface area (Å²) in [4.78, 5) is 30.4. The van der Waals surface area contributed by atoms with Gasteiger partial charge >= 0.3 is 0 Å². The van der Waals surface area contributed by atoms with E-state index in [4.69, 9.17) is 0 Å². The van der Waals surface area contributed by atoms with Crippen molar-refractivity contribution in [3.63, 3.8) is 0 Å². The van der Waals surface area contributed by atoms with E-state index in [1.54, 1.807) is 6.92 Å². The molecule has 2 atom stereocenters. The Morgan fingerprint density at radius 3 is 2.86 bits per heavy atom. The van der Waals surface area contributed by atoms with Crippen LogP contribution in [0.5, 0.6) is 0 Å². The topological polar surface area (TPSA) is 96.2 Å². The van der Waals surface area contributed by atoms with Crippen LogP contribution in [-0.4, -0.2) is 80.6 Å². The lowest BCUT2D eigenvalue weighted by atomic mass is 10.0. The highest BCUT2D eigenvalue weighted by molar-refractivity contribution is 5.81. The number of tetrazole rings is 1. The summed E-state index contributed by atoms with van der Waals surface area (Å²) in [6.45, 7) is 4.93. The monoisotopic (exact) mass is 383 g/mol. The number of rotatable bonds is 4. The van der Waals surface area contributed by atoms with Crippen LogP contribution in [0.3, 0.4) is 0 Å². The van der Waals surface area contributed by atoms with E-state index in [9.17, 15) is 9.59 Å². The van der Waals surface area contributed by atoms with Gasteiger partial charge in [0.2, 0.25) is 17.6 Å². The Hall–Kier alpha value is -2.81. The molecule has 1 aromatic heterocycles. The number of aromatic nitrogens is 4. The normalized spacial score (nSPS) is 21.6. The SMILES string of the molecule is CC(C(=O)N1CCCC(N2CCNCC2=O)C1)n1nnc(-c2ccccc2)n1. The summed E-state index contributed by atoms with van der Waals surface area (Å²) in [6, 6.07) is 9.12. The molecule has 2 aromatic rings. The van der Waals surface area contributed by atoms with Gasteiger partial charge in [-0.3, -0.25) is 9.59 Å². The van der Waals surface area contributed by atoms with Crippen LogP contribution in [-0.2, 0) is 9.59 Å². The van der Waals surface area contributed by atoms with Crippen LogP contribution in [0.4, 0.5) is 0 Å². The van der Waals surface area contributed by atoms with Gasteiger partial charge < -0.3 is 15.1 Å². The van der Waals surface area contributed by atoms with Crippen molar-refractivity contribution in [3.8, 4) is 11.4 Å². The number of likely N-dealkylation sites (tertiary alicyclic amines) is 1. The Labute approximate surface area is 163 Å². The Balaban J connectivity index is 1.43. The minimum Gasteiger partial charge on any atom is -0.339 e. The van der Waals surface area contributed by atoms with Gasteiger partial charge in [-0.1, -0.05) is 30.3 Å². The van der Waals surface area contributed by atoms with E-state index in [0.717, 1.165) is 24.9 Å². The maximum atomic E-state index is 13.0. The molecule has 2 fully saturated rings. The summed E-state index contributed by atoms with van der Waals surface area (Å²) in [5.74, 6) is 0.580. The molecule has 3 heterocycles. The van der Waals surface area contributed by atoms with Gasteiger partial charge in [0.1, 0.15) is 6.04 Å². The molecule has 2 unspecified atom stereocenters. The van der Waals surface area contributed by atoms with E-state index in [-0.39, 0.29) is 17.9 Å². The highest BCUT2D eigenvalue weighted by Gasteiger charge is 2.33. The molecule has 0 aliphatic carbocycles. The molecule has 9 nitrogen and oxygen atoms in total. The van der Waals surface area contributed by atoms with Crippen molar-refractivity contribution >= 4 is 11.8 Å². The first-order chi connectivity index (χ1) is 13.6. The number of hydrogen-bond donors (Lipinski definition) is 1. The third kappa shape index (κ3) is 3.75. The van der Waals surface area contributed by atoms with Crippen LogP contribution in [0, 0.1) is 0 Å². The molecule has 4 rings (SSSR count). The summed E-state index contributed by atoms with van der Waals surface area (Å²) in [5.41, 5.74) is 0.864. The number of carbonyl (C=O) groups is 2. The van der Waals surface area contributed by atoms with Crippen LogP contribution in [0.15, 0.2) is 30.3 Å². The first-order valence-electron chi connectivity index (χ1n) is 9.77. The van der Waals surface area contributed by atoms with Crippen molar-refractivity contribution in [2.24, 2.45) is 0 Å². The standard InChI is InChI=1S/C19H25N7O2/c1-14(26-22-18(21-23-26)15-6-3-2-4-7-15)19(28)24-10-5-8-16(13-24)25-11-9-20-12-17(25)27/h2-4,6-7,14,16,20H,5,8-13H2,1H3. The average Bonchev–Trinajstić information content (AvgIpc) is 3.24. The van der Waals surface area contributed by atoms with Crippen LogP contribution in [0.2, 0.25) is 0 Å². The first-order valence-corrected chi connectivity index (χ1v) is 9.77. The van der Waals surface area contributed by atoms with E-state index >= 15 is 0 Å². The Morgan fingerprint density at radius 2 is 2.07 bits per heavy atom. The summed E-state index contributed by atoms with van der Waals surface area (Å²) >= 11 is 0. The molecule has 0 bridgehead atoms. The quantitative estimate of drug-likeness (QED) is 0.817. The molecule has 0 saturated carbocycles. The second-order valence-corrected chi connectivity index (χ2v) is 7.32. The fourth-order valence-corrected chi connectivity index (χ4v) is 3.87. The number of nitrogens with one attached hydrogen (secondary N) is 1. The summed E-state index contributed by atoms with van der Waals surface area (Å²) in [6.07, 6.45) is 1.82. The Morgan fingerprint density at radius 1 is 1.25 bits per heavy atom. The van der Waals surface area contributed by atoms with Gasteiger partial charge in [0.15, 0.2) is 0 Å². The van der Waals surface area contributed by atoms with Crippen molar-refractivity contribution in [1.82, 2.24) is 35.3 Å². The minimum atomic E-state index is -0.539. The molecule has 1 N–H and O–H groups in total. The third-order valence-corrected chi connectivity index (χ3v) is 5.44. The van der Waals surface area contributed by atoms with Gasteiger partial charge in [0.25, 0.3) is 0 Å². The predicted molar refractivity (Wildman–Crippen MR) is 102 cm³/mol. The lowest BCUT2D eigenvalue weighted by Crippen LogP contribution is -2.58. The van der Waals surface area contributed by atoms with Crippen LogP contribution in [0.25, 0.3) is 11.4 Å². The molecular weight excluding hydrogens is 358 g/mol. The molecule has 2 amide bonds. The third-order valence-electron chi connectivity index (χ3n) is 5.44. The second kappa shape index (κ2) is 8.05. The van der Waals surface area contributed by atoms with Gasteiger partial charge in [-0.05, 0) is 25.0 Å². The fourth-order valence-electron chi connectivity index (χ4n) is 3.87. The number of carbonyl (C=O) groups excluding carboxylic acids is 2. The first kappa shape index (κ1) is 18.5. The lowest BCUT2D eigenvalue weighted by molar-refractivity contribution is -0.142. The van der Waals surface area contributed by atoms with Crippen molar-refractivity contribution in [3.05, 3.63) is 30.3 Å². The van der Waals surface area contributed by atoms with Crippen molar-refractivity contribution in [2.75, 3.05) is 32.7 Å². The van der Waals surface area contributed by atoms with Gasteiger partial charge in [0, 0.05) is 37.8 Å². The zero-order valence-corrected chi connectivity index (χ0v) is 16.0. The summed E-state index contributed by atoms with van der Waals surface area (Å²) in [7, 11) is 0. The largest absolute Gasteiger partial charge is 0.339 e. The molecular formula is C19H25N7O2. The van der Waals surface area contributed by atoms with E-state index in [1.165, 1.54) is 4.80 Å². The number of piperazine rings is 1. The highest BCUT2D eigenvalue weighted by atomic mass is 16.2. The van der Waals surface area contributed by atoms with Crippen LogP contribution >= 0.6 is 0 Å². The Kier molecular flexibility index (Phi) is 5.34. The molecule has 2 aliphatic rings. The molecule has 0 radical (unpaired) electrons. The number of amides is 2. The maximum Gasteiger partial charge on any atom is 0.249 e. The van der Waals surface area contributed by atoms with Crippen molar-refractivity contribution < 1.29 is 9.59 Å². The molecule has 28 heavy (non-hydrogen) atoms. The molecule has 148 valence electrons. The molecule has 9 heteroatoms. The van der Waals surface area contributed by atoms with Crippen LogP contribution in [0.1, 0.15) is 25.8 Å². The highest BCUT2D eigenvalue weighted by Crippen LogP contribution is 2.20. The van der Waals surface area contributed by atoms with Crippen molar-refractivity contribution in [1.29, 1.82) is 0 Å². The summed E-state index contributed by atoms with van der Waals surface area (Å²) < 4.78 is 0. The predicted octanol–water partition coefficient (Wildman–Crippen LogP) is 0.324. The molecule has 2 aliphatic heterocycles. The number of piperidine rings is 1. The van der Waals surface area contributed by atoms with Crippen LogP contribution < -0.4 is 5.32 Å². The minimum absolute atomic E-state index is 0.0377. The molecule has 2 saturated heterocycles. The maximum absolute atomic E-state index is 13.0. The second-order valence-electron chi connectivity index (χ2n) is 7.32. The Bertz CT molecular complexity index is 838. The molecule has 0 spiro atoms. The number of hydrogen-bond acceptors (Lipinski definition) is 6. The number of benzene rings is 1. The van der Waals surface area contributed by atoms with Gasteiger partial charge in [-0.2, -0.15) is 4.80 Å². The van der Waals surface area contributed by atoms with Gasteiger partial charge in [0.05, 0.1) is 6.54 Å². The van der Waals surface area contributed by atoms with E-state index in [0.29, 0.717) is 32.0 Å². The lowest BCUT2D eigenvalue weighted by Gasteiger charge is -2.41. The van der Waals surface area contributed by atoms with E-state index in [2.05, 4.69) is 20.7 Å². The average molecular weight is 383 g/mol. The number of nitrogens with zero attached hydrogens (tertiary/aromatic N) is 6. The zero-order valence-electron chi connectivity index (χ0n) is 16.0. The molecule has 1 aromatic carbocycles. The van der Waals surface area contributed by atoms with Crippen molar-refractivity contribution in [2.45, 2.75) is 31.8 Å². The van der Waals surface area contributed by atoms with Gasteiger partial charge in [-0.15, -0.1) is 10.2 Å². The fraction of sp³-hybridized carbons (Fsp3) is 0.526. The van der Waals surface area contributed by atoms with E-state index < -0.39 is 6.04 Å². The smallest absolute Gasteiger partial charge is 0.249 e. The summed E-state index contributed by atoms with van der Waals surface area (Å²) in [5, 5.41) is 15.7. The van der Waals surface area contributed by atoms with E-state index in [1.807, 2.05) is 40.1 Å².